The van der Waals surface area contributed by atoms with E-state index in [0.29, 0.717) is 22.3 Å². The minimum atomic E-state index is -1.00. The van der Waals surface area contributed by atoms with Gasteiger partial charge in [-0.2, -0.15) is 5.26 Å². The van der Waals surface area contributed by atoms with Crippen molar-refractivity contribution in [3.63, 3.8) is 0 Å². The van der Waals surface area contributed by atoms with E-state index in [1.165, 1.54) is 16.7 Å². The van der Waals surface area contributed by atoms with Crippen LogP contribution in [0.15, 0.2) is 35.8 Å². The maximum Gasteiger partial charge on any atom is 0.276 e. The summed E-state index contributed by atoms with van der Waals surface area (Å²) in [4.78, 5) is 40.2. The SMILES string of the molecule is C=CC(=O)N1[C@H](C)CN(c2c(C#N)c(=O)n(-c3c(C)ccnc3C(C)C)c3nc(-c4c(F)c(Cl)c(Cl)c(N)c4Cl)c(Cl)cc23)C[C@@H]1C. The van der Waals surface area contributed by atoms with Gasteiger partial charge in [0.15, 0.2) is 5.82 Å². The fourth-order valence-electron chi connectivity index (χ4n) is 6.27. The average molecular weight is 717 g/mol. The summed E-state index contributed by atoms with van der Waals surface area (Å²) in [5, 5.41) is 9.81. The summed E-state index contributed by atoms with van der Waals surface area (Å²) in [6.45, 7) is 13.6. The minimum absolute atomic E-state index is 0.0556. The second kappa shape index (κ2) is 13.0. The minimum Gasteiger partial charge on any atom is -0.396 e. The third kappa shape index (κ3) is 5.59. The van der Waals surface area contributed by atoms with Crippen molar-refractivity contribution in [2.24, 2.45) is 0 Å². The Morgan fingerprint density at radius 2 is 1.79 bits per heavy atom. The monoisotopic (exact) mass is 715 g/mol. The summed E-state index contributed by atoms with van der Waals surface area (Å²) in [5.74, 6) is -1.37. The number of aromatic nitrogens is 3. The van der Waals surface area contributed by atoms with Gasteiger partial charge >= 0.3 is 0 Å². The molecule has 0 saturated carbocycles. The van der Waals surface area contributed by atoms with Crippen LogP contribution in [0, 0.1) is 24.1 Å². The largest absolute Gasteiger partial charge is 0.396 e. The number of nitrogens with zero attached hydrogens (tertiary/aromatic N) is 6. The first-order valence-corrected chi connectivity index (χ1v) is 16.1. The van der Waals surface area contributed by atoms with E-state index < -0.39 is 16.4 Å². The van der Waals surface area contributed by atoms with Crippen LogP contribution in [0.25, 0.3) is 28.0 Å². The summed E-state index contributed by atoms with van der Waals surface area (Å²) in [6, 6.07) is 4.75. The van der Waals surface area contributed by atoms with Crippen LogP contribution in [0.4, 0.5) is 15.8 Å². The number of anilines is 2. The molecule has 4 heterocycles. The number of aryl methyl sites for hydroxylation is 1. The second-order valence-electron chi connectivity index (χ2n) is 11.8. The summed E-state index contributed by atoms with van der Waals surface area (Å²) in [5.41, 5.74) is 6.64. The predicted molar refractivity (Wildman–Crippen MR) is 187 cm³/mol. The van der Waals surface area contributed by atoms with E-state index in [1.54, 1.807) is 17.2 Å². The highest BCUT2D eigenvalue weighted by atomic mass is 35.5. The van der Waals surface area contributed by atoms with Gasteiger partial charge in [-0.25, -0.2) is 9.37 Å². The van der Waals surface area contributed by atoms with Gasteiger partial charge in [0, 0.05) is 36.8 Å². The number of amides is 1. The van der Waals surface area contributed by atoms with Gasteiger partial charge in [-0.15, -0.1) is 0 Å². The number of nitriles is 1. The lowest BCUT2D eigenvalue weighted by molar-refractivity contribution is -0.130. The number of nitrogen functional groups attached to an aromatic ring is 1. The van der Waals surface area contributed by atoms with Crippen LogP contribution in [0.5, 0.6) is 0 Å². The standard InChI is InChI=1S/C33H30Cl4FN7O2/c1-7-21(46)44-16(5)12-43(13-17(44)6)31-18-10-20(34)29(22-23(35)27(40)25(37)24(36)26(22)38)42-32(18)45(33(47)19(31)11-39)30-15(4)8-9-41-28(30)14(2)3/h7-10,14,16-17H,1,12-13,40H2,2-6H3/t16-,17+. The third-order valence-corrected chi connectivity index (χ3v) is 9.84. The molecule has 1 aliphatic rings. The smallest absolute Gasteiger partial charge is 0.276 e. The molecule has 2 N–H and O–H groups in total. The molecule has 1 aliphatic heterocycles. The lowest BCUT2D eigenvalue weighted by atomic mass is 10.0. The molecule has 4 aromatic rings. The van der Waals surface area contributed by atoms with Gasteiger partial charge < -0.3 is 15.5 Å². The Morgan fingerprint density at radius 3 is 2.36 bits per heavy atom. The molecule has 1 saturated heterocycles. The van der Waals surface area contributed by atoms with Crippen molar-refractivity contribution < 1.29 is 9.18 Å². The molecule has 1 aromatic carbocycles. The van der Waals surface area contributed by atoms with Crippen LogP contribution in [0.1, 0.15) is 50.4 Å². The van der Waals surface area contributed by atoms with Crippen molar-refractivity contribution in [3.05, 3.63) is 84.1 Å². The van der Waals surface area contributed by atoms with Crippen molar-refractivity contribution in [1.29, 1.82) is 5.26 Å². The zero-order chi connectivity index (χ0) is 34.6. The van der Waals surface area contributed by atoms with Crippen molar-refractivity contribution in [2.45, 2.75) is 52.6 Å². The molecule has 0 unspecified atom stereocenters. The van der Waals surface area contributed by atoms with Crippen LogP contribution in [0.3, 0.4) is 0 Å². The molecule has 3 aromatic heterocycles. The fourth-order valence-corrected chi connectivity index (χ4v) is 7.20. The third-order valence-electron chi connectivity index (χ3n) is 8.31. The summed E-state index contributed by atoms with van der Waals surface area (Å²) in [7, 11) is 0. The highest BCUT2D eigenvalue weighted by Gasteiger charge is 2.36. The molecule has 0 spiro atoms. The molecule has 0 radical (unpaired) electrons. The highest BCUT2D eigenvalue weighted by molar-refractivity contribution is 6.47. The number of pyridine rings is 3. The van der Waals surface area contributed by atoms with Gasteiger partial charge in [-0.1, -0.05) is 66.8 Å². The van der Waals surface area contributed by atoms with Crippen LogP contribution < -0.4 is 16.2 Å². The number of benzene rings is 1. The fraction of sp³-hybridized carbons (Fsp3) is 0.303. The van der Waals surface area contributed by atoms with E-state index in [4.69, 9.17) is 57.1 Å². The Bertz CT molecular complexity index is 2050. The zero-order valence-electron chi connectivity index (χ0n) is 26.1. The number of hydrogen-bond donors (Lipinski definition) is 1. The van der Waals surface area contributed by atoms with Crippen LogP contribution >= 0.6 is 46.4 Å². The van der Waals surface area contributed by atoms with Gasteiger partial charge in [-0.3, -0.25) is 19.1 Å². The van der Waals surface area contributed by atoms with Gasteiger partial charge in [0.05, 0.1) is 54.1 Å². The van der Waals surface area contributed by atoms with Gasteiger partial charge in [-0.05, 0) is 50.5 Å². The maximum absolute atomic E-state index is 15.8. The summed E-state index contributed by atoms with van der Waals surface area (Å²) < 4.78 is 17.1. The lowest BCUT2D eigenvalue weighted by Crippen LogP contribution is -2.58. The molecular weight excluding hydrogens is 687 g/mol. The van der Waals surface area contributed by atoms with E-state index >= 15 is 4.39 Å². The van der Waals surface area contributed by atoms with E-state index in [0.717, 1.165) is 0 Å². The molecule has 0 bridgehead atoms. The molecule has 2 atom stereocenters. The molecule has 1 amide bonds. The number of halogens is 5. The van der Waals surface area contributed by atoms with Crippen molar-refractivity contribution in [1.82, 2.24) is 19.4 Å². The van der Waals surface area contributed by atoms with E-state index in [1.807, 2.05) is 39.5 Å². The first-order chi connectivity index (χ1) is 22.2. The molecule has 0 aliphatic carbocycles. The molecule has 9 nitrogen and oxygen atoms in total. The topological polar surface area (TPSA) is 121 Å². The molecule has 14 heteroatoms. The van der Waals surface area contributed by atoms with Gasteiger partial charge in [0.1, 0.15) is 17.3 Å². The first kappa shape index (κ1) is 34.5. The van der Waals surface area contributed by atoms with E-state index in [2.05, 4.69) is 17.6 Å². The highest BCUT2D eigenvalue weighted by Crippen LogP contribution is 2.46. The maximum atomic E-state index is 15.8. The normalized spacial score (nSPS) is 16.6. The summed E-state index contributed by atoms with van der Waals surface area (Å²) >= 11 is 25.7. The lowest BCUT2D eigenvalue weighted by Gasteiger charge is -2.45. The Morgan fingerprint density at radius 1 is 1.15 bits per heavy atom. The Hall–Kier alpha value is -3.88. The van der Waals surface area contributed by atoms with Gasteiger partial charge in [0.25, 0.3) is 5.56 Å². The zero-order valence-corrected chi connectivity index (χ0v) is 29.2. The number of hydrogen-bond acceptors (Lipinski definition) is 7. The predicted octanol–water partition coefficient (Wildman–Crippen LogP) is 7.70. The summed E-state index contributed by atoms with van der Waals surface area (Å²) in [6.07, 6.45) is 2.89. The van der Waals surface area contributed by atoms with Crippen LogP contribution in [0.2, 0.25) is 20.1 Å². The molecule has 244 valence electrons. The van der Waals surface area contributed by atoms with Crippen molar-refractivity contribution in [3.8, 4) is 23.0 Å². The number of piperazine rings is 1. The van der Waals surface area contributed by atoms with Crippen LogP contribution in [-0.4, -0.2) is 50.5 Å². The van der Waals surface area contributed by atoms with Crippen molar-refractivity contribution >= 4 is 74.7 Å². The number of carbonyl (C=O) groups excluding carboxylic acids is 1. The number of nitrogens with two attached hydrogens (primary N) is 1. The Labute approximate surface area is 290 Å². The van der Waals surface area contributed by atoms with Crippen molar-refractivity contribution in [2.75, 3.05) is 23.7 Å². The first-order valence-electron chi connectivity index (χ1n) is 14.6. The van der Waals surface area contributed by atoms with E-state index in [-0.39, 0.29) is 85.9 Å². The van der Waals surface area contributed by atoms with E-state index in [9.17, 15) is 14.9 Å². The second-order valence-corrected chi connectivity index (χ2v) is 13.3. The quantitative estimate of drug-likeness (QED) is 0.0973. The number of fused-ring (bicyclic) bond motifs is 1. The number of rotatable bonds is 5. The average Bonchev–Trinajstić information content (AvgIpc) is 3.02. The van der Waals surface area contributed by atoms with Crippen LogP contribution in [-0.2, 0) is 4.79 Å². The Balaban J connectivity index is 1.95. The molecular formula is C33H30Cl4FN7O2. The molecule has 5 rings (SSSR count). The molecule has 47 heavy (non-hydrogen) atoms. The molecule has 1 fully saturated rings. The Kier molecular flexibility index (Phi) is 9.50. The van der Waals surface area contributed by atoms with Gasteiger partial charge in [0.2, 0.25) is 5.91 Å². The number of carbonyl (C=O) groups is 1.